The van der Waals surface area contributed by atoms with Gasteiger partial charge in [-0.2, -0.15) is 0 Å². The van der Waals surface area contributed by atoms with E-state index in [1.165, 1.54) is 0 Å². The summed E-state index contributed by atoms with van der Waals surface area (Å²) >= 11 is 0. The Labute approximate surface area is 141 Å². The van der Waals surface area contributed by atoms with Crippen molar-refractivity contribution in [3.63, 3.8) is 0 Å². The Hall–Kier alpha value is -1.86. The van der Waals surface area contributed by atoms with Gasteiger partial charge in [-0.05, 0) is 43.0 Å². The first-order chi connectivity index (χ1) is 11.5. The van der Waals surface area contributed by atoms with Crippen LogP contribution in [-0.4, -0.2) is 30.6 Å². The van der Waals surface area contributed by atoms with Gasteiger partial charge in [0.15, 0.2) is 0 Å². The summed E-state index contributed by atoms with van der Waals surface area (Å²) in [5.74, 6) is 2.11. The summed E-state index contributed by atoms with van der Waals surface area (Å²) in [6.07, 6.45) is 6.41. The minimum absolute atomic E-state index is 0.108. The number of aryl methyl sites for hydroxylation is 1. The highest BCUT2D eigenvalue weighted by molar-refractivity contribution is 7.89. The van der Waals surface area contributed by atoms with Crippen LogP contribution < -0.4 is 9.46 Å². The van der Waals surface area contributed by atoms with Gasteiger partial charge in [0.05, 0.1) is 4.90 Å². The molecule has 0 radical (unpaired) electrons. The first-order valence-electron chi connectivity index (χ1n) is 8.30. The largest absolute Gasteiger partial charge is 0.490 e. The quantitative estimate of drug-likeness (QED) is 0.914. The highest BCUT2D eigenvalue weighted by atomic mass is 32.2. The Bertz CT molecular complexity index is 860. The van der Waals surface area contributed by atoms with Crippen LogP contribution in [0.25, 0.3) is 0 Å². The van der Waals surface area contributed by atoms with E-state index in [1.807, 2.05) is 13.1 Å². The molecule has 2 aliphatic heterocycles. The van der Waals surface area contributed by atoms with Crippen molar-refractivity contribution in [2.45, 2.75) is 43.7 Å². The second-order valence-corrected chi connectivity index (χ2v) is 8.42. The molecule has 0 unspecified atom stereocenters. The minimum atomic E-state index is -3.50. The molecule has 7 heteroatoms. The zero-order chi connectivity index (χ0) is 16.7. The number of nitrogens with zero attached hydrogens (tertiary/aromatic N) is 2. The number of rotatable bonds is 4. The van der Waals surface area contributed by atoms with Crippen molar-refractivity contribution in [2.75, 3.05) is 6.54 Å². The molecule has 128 valence electrons. The van der Waals surface area contributed by atoms with E-state index in [4.69, 9.17) is 4.74 Å². The van der Waals surface area contributed by atoms with Crippen LogP contribution in [0.5, 0.6) is 5.75 Å². The molecule has 0 spiro atoms. The normalized spacial score (nSPS) is 22.7. The third-order valence-corrected chi connectivity index (χ3v) is 6.21. The summed E-state index contributed by atoms with van der Waals surface area (Å²) in [4.78, 5) is 4.64. The first kappa shape index (κ1) is 15.7. The zero-order valence-corrected chi connectivity index (χ0v) is 14.4. The molecule has 24 heavy (non-hydrogen) atoms. The average Bonchev–Trinajstić information content (AvgIpc) is 3.16. The van der Waals surface area contributed by atoms with E-state index in [0.717, 1.165) is 42.9 Å². The van der Waals surface area contributed by atoms with Gasteiger partial charge >= 0.3 is 0 Å². The second-order valence-electron chi connectivity index (χ2n) is 6.65. The Morgan fingerprint density at radius 2 is 2.25 bits per heavy atom. The zero-order valence-electron chi connectivity index (χ0n) is 13.6. The Morgan fingerprint density at radius 3 is 3.12 bits per heavy atom. The van der Waals surface area contributed by atoms with E-state index in [2.05, 4.69) is 14.3 Å². The summed E-state index contributed by atoms with van der Waals surface area (Å²) in [7, 11) is -3.50. The van der Waals surface area contributed by atoms with Crippen molar-refractivity contribution in [1.82, 2.24) is 14.3 Å². The third-order valence-electron chi connectivity index (χ3n) is 4.79. The van der Waals surface area contributed by atoms with E-state index < -0.39 is 10.0 Å². The lowest BCUT2D eigenvalue weighted by molar-refractivity contribution is 0.254. The molecule has 1 aromatic carbocycles. The molecule has 1 N–H and O–H groups in total. The Morgan fingerprint density at radius 1 is 1.38 bits per heavy atom. The minimum Gasteiger partial charge on any atom is -0.490 e. The third kappa shape index (κ3) is 2.93. The van der Waals surface area contributed by atoms with Crippen molar-refractivity contribution in [2.24, 2.45) is 5.92 Å². The molecule has 0 saturated heterocycles. The van der Waals surface area contributed by atoms with Crippen LogP contribution in [0.15, 0.2) is 35.5 Å². The van der Waals surface area contributed by atoms with Crippen LogP contribution in [0, 0.1) is 5.92 Å². The van der Waals surface area contributed by atoms with Gasteiger partial charge in [-0.15, -0.1) is 0 Å². The monoisotopic (exact) mass is 347 g/mol. The van der Waals surface area contributed by atoms with Crippen molar-refractivity contribution in [3.05, 3.63) is 42.0 Å². The first-order valence-corrected chi connectivity index (χ1v) is 9.79. The summed E-state index contributed by atoms with van der Waals surface area (Å²) in [6.45, 7) is 3.33. The number of sulfonamides is 1. The van der Waals surface area contributed by atoms with Crippen molar-refractivity contribution in [1.29, 1.82) is 0 Å². The maximum atomic E-state index is 12.6. The molecule has 0 bridgehead atoms. The Kier molecular flexibility index (Phi) is 3.85. The molecule has 3 heterocycles. The van der Waals surface area contributed by atoms with Crippen LogP contribution in [0.1, 0.15) is 24.7 Å². The van der Waals surface area contributed by atoms with E-state index in [-0.39, 0.29) is 12.0 Å². The SMILES string of the molecule is C[C@@H]1Cc2cc(S(=O)(=O)NC[C@@H]3CCn4ccnc4C3)ccc2O1. The molecule has 1 aromatic heterocycles. The molecular weight excluding hydrogens is 326 g/mol. The van der Waals surface area contributed by atoms with E-state index in [0.29, 0.717) is 11.4 Å². The predicted molar refractivity (Wildman–Crippen MR) is 89.5 cm³/mol. The molecule has 2 aliphatic rings. The van der Waals surface area contributed by atoms with Gasteiger partial charge in [0.25, 0.3) is 0 Å². The molecule has 0 saturated carbocycles. The fourth-order valence-electron chi connectivity index (χ4n) is 3.47. The van der Waals surface area contributed by atoms with Crippen LogP contribution in [0.2, 0.25) is 0 Å². The predicted octanol–water partition coefficient (Wildman–Crippen LogP) is 1.75. The number of hydrogen-bond donors (Lipinski definition) is 1. The standard InChI is InChI=1S/C17H21N3O3S/c1-12-8-14-10-15(2-3-16(14)23-12)24(21,22)19-11-13-4-6-20-7-5-18-17(20)9-13/h2-3,5,7,10,12-13,19H,4,6,8-9,11H2,1H3/t12-,13-/m1/s1. The van der Waals surface area contributed by atoms with Crippen molar-refractivity contribution < 1.29 is 13.2 Å². The van der Waals surface area contributed by atoms with Gasteiger partial charge in [0, 0.05) is 38.3 Å². The number of imidazole rings is 1. The van der Waals surface area contributed by atoms with E-state index in [1.54, 1.807) is 24.4 Å². The number of ether oxygens (including phenoxy) is 1. The lowest BCUT2D eigenvalue weighted by Crippen LogP contribution is -2.33. The smallest absolute Gasteiger partial charge is 0.240 e. The molecule has 0 amide bonds. The van der Waals surface area contributed by atoms with Crippen LogP contribution in [0.4, 0.5) is 0 Å². The van der Waals surface area contributed by atoms with E-state index in [9.17, 15) is 8.42 Å². The molecule has 2 atom stereocenters. The number of fused-ring (bicyclic) bond motifs is 2. The lowest BCUT2D eigenvalue weighted by atomic mass is 9.98. The number of hydrogen-bond acceptors (Lipinski definition) is 4. The van der Waals surface area contributed by atoms with E-state index >= 15 is 0 Å². The van der Waals surface area contributed by atoms with Crippen LogP contribution >= 0.6 is 0 Å². The summed E-state index contributed by atoms with van der Waals surface area (Å²) in [5, 5.41) is 0. The Balaban J connectivity index is 1.44. The molecular formula is C17H21N3O3S. The van der Waals surface area contributed by atoms with Gasteiger partial charge in [-0.1, -0.05) is 0 Å². The summed E-state index contributed by atoms with van der Waals surface area (Å²) in [6, 6.07) is 5.10. The molecule has 6 nitrogen and oxygen atoms in total. The number of nitrogens with one attached hydrogen (secondary N) is 1. The maximum Gasteiger partial charge on any atom is 0.240 e. The van der Waals surface area contributed by atoms with Gasteiger partial charge in [-0.3, -0.25) is 0 Å². The van der Waals surface area contributed by atoms with Gasteiger partial charge in [0.1, 0.15) is 17.7 Å². The van der Waals surface area contributed by atoms with Crippen molar-refractivity contribution in [3.8, 4) is 5.75 Å². The van der Waals surface area contributed by atoms with Crippen molar-refractivity contribution >= 4 is 10.0 Å². The highest BCUT2D eigenvalue weighted by Gasteiger charge is 2.25. The average molecular weight is 347 g/mol. The van der Waals surface area contributed by atoms with Crippen LogP contribution in [0.3, 0.4) is 0 Å². The summed E-state index contributed by atoms with van der Waals surface area (Å²) in [5.41, 5.74) is 0.963. The number of aromatic nitrogens is 2. The molecule has 0 fully saturated rings. The fourth-order valence-corrected chi connectivity index (χ4v) is 4.63. The number of benzene rings is 1. The summed E-state index contributed by atoms with van der Waals surface area (Å²) < 4.78 is 35.7. The molecule has 0 aliphatic carbocycles. The van der Waals surface area contributed by atoms with Crippen LogP contribution in [-0.2, 0) is 29.4 Å². The second kappa shape index (κ2) is 5.89. The van der Waals surface area contributed by atoms with Gasteiger partial charge < -0.3 is 9.30 Å². The van der Waals surface area contributed by atoms with Gasteiger partial charge in [-0.25, -0.2) is 18.1 Å². The molecule has 2 aromatic rings. The topological polar surface area (TPSA) is 73.2 Å². The van der Waals surface area contributed by atoms with Gasteiger partial charge in [0.2, 0.25) is 10.0 Å². The highest BCUT2D eigenvalue weighted by Crippen LogP contribution is 2.30. The molecule has 4 rings (SSSR count). The lowest BCUT2D eigenvalue weighted by Gasteiger charge is -2.23. The fraction of sp³-hybridized carbons (Fsp3) is 0.471. The maximum absolute atomic E-state index is 12.6.